The van der Waals surface area contributed by atoms with Crippen molar-refractivity contribution < 1.29 is 4.74 Å². The van der Waals surface area contributed by atoms with Gasteiger partial charge in [-0.3, -0.25) is 4.98 Å². The molecule has 2 aromatic heterocycles. The summed E-state index contributed by atoms with van der Waals surface area (Å²) in [6, 6.07) is 3.81. The van der Waals surface area contributed by atoms with Gasteiger partial charge in [0.25, 0.3) is 5.88 Å². The minimum atomic E-state index is 0.520. The number of pyridine rings is 1. The lowest BCUT2D eigenvalue weighted by Crippen LogP contribution is -1.95. The highest BCUT2D eigenvalue weighted by molar-refractivity contribution is 6.99. The Hall–Kier alpha value is -1.75. The maximum absolute atomic E-state index is 5.56. The van der Waals surface area contributed by atoms with Crippen LogP contribution in [-0.2, 0) is 0 Å². The van der Waals surface area contributed by atoms with Gasteiger partial charge in [-0.1, -0.05) is 19.1 Å². The molecule has 0 amide bonds. The van der Waals surface area contributed by atoms with E-state index < -0.39 is 0 Å². The van der Waals surface area contributed by atoms with Gasteiger partial charge in [0, 0.05) is 18.0 Å². The average Bonchev–Trinajstić information content (AvgIpc) is 2.84. The fraction of sp³-hybridized carbons (Fsp3) is 0.250. The lowest BCUT2D eigenvalue weighted by molar-refractivity contribution is 0.353. The summed E-state index contributed by atoms with van der Waals surface area (Å²) >= 11 is 1.15. The molecule has 0 bridgehead atoms. The van der Waals surface area contributed by atoms with Gasteiger partial charge in [0.2, 0.25) is 0 Å². The SMILES string of the molecule is CC/C=C/COc1nsnc1-c1cccnc1. The predicted molar refractivity (Wildman–Crippen MR) is 68.1 cm³/mol. The van der Waals surface area contributed by atoms with Crippen LogP contribution in [0.1, 0.15) is 13.3 Å². The summed E-state index contributed by atoms with van der Waals surface area (Å²) in [7, 11) is 0. The van der Waals surface area contributed by atoms with Crippen molar-refractivity contribution in [3.63, 3.8) is 0 Å². The highest BCUT2D eigenvalue weighted by Crippen LogP contribution is 2.26. The van der Waals surface area contributed by atoms with Crippen molar-refractivity contribution in [3.05, 3.63) is 36.7 Å². The van der Waals surface area contributed by atoms with Crippen LogP contribution >= 0.6 is 11.7 Å². The van der Waals surface area contributed by atoms with Gasteiger partial charge in [-0.05, 0) is 18.6 Å². The minimum absolute atomic E-state index is 0.520. The number of aromatic nitrogens is 3. The van der Waals surface area contributed by atoms with Crippen molar-refractivity contribution in [3.8, 4) is 17.1 Å². The molecule has 2 rings (SSSR count). The van der Waals surface area contributed by atoms with Crippen LogP contribution in [0.4, 0.5) is 0 Å². The fourth-order valence-electron chi connectivity index (χ4n) is 1.32. The topological polar surface area (TPSA) is 47.9 Å². The number of hydrogen-bond acceptors (Lipinski definition) is 5. The Morgan fingerprint density at radius 3 is 3.06 bits per heavy atom. The van der Waals surface area contributed by atoms with E-state index in [4.69, 9.17) is 4.74 Å². The number of allylic oxidation sites excluding steroid dienone is 1. The molecule has 17 heavy (non-hydrogen) atoms. The molecule has 0 N–H and O–H groups in total. The zero-order valence-corrected chi connectivity index (χ0v) is 10.4. The second-order valence-electron chi connectivity index (χ2n) is 3.35. The Morgan fingerprint density at radius 2 is 2.29 bits per heavy atom. The standard InChI is InChI=1S/C12H13N3OS/c1-2-3-4-8-16-12-11(14-17-15-12)10-6-5-7-13-9-10/h3-7,9H,2,8H2,1H3/b4-3+. The van der Waals surface area contributed by atoms with Crippen LogP contribution in [0.5, 0.6) is 5.88 Å². The zero-order valence-electron chi connectivity index (χ0n) is 9.54. The van der Waals surface area contributed by atoms with Gasteiger partial charge in [-0.25, -0.2) is 0 Å². The third-order valence-electron chi connectivity index (χ3n) is 2.11. The van der Waals surface area contributed by atoms with E-state index in [0.29, 0.717) is 12.5 Å². The quantitative estimate of drug-likeness (QED) is 0.762. The van der Waals surface area contributed by atoms with Crippen molar-refractivity contribution in [2.45, 2.75) is 13.3 Å². The summed E-state index contributed by atoms with van der Waals surface area (Å²) in [5.41, 5.74) is 1.68. The molecule has 2 aromatic rings. The molecule has 88 valence electrons. The number of rotatable bonds is 5. The van der Waals surface area contributed by atoms with Crippen molar-refractivity contribution in [2.24, 2.45) is 0 Å². The number of nitrogens with zero attached hydrogens (tertiary/aromatic N) is 3. The lowest BCUT2D eigenvalue weighted by atomic mass is 10.2. The lowest BCUT2D eigenvalue weighted by Gasteiger charge is -2.01. The van der Waals surface area contributed by atoms with Gasteiger partial charge in [0.05, 0.1) is 11.7 Å². The van der Waals surface area contributed by atoms with Crippen LogP contribution in [0.25, 0.3) is 11.3 Å². The molecule has 0 spiro atoms. The molecule has 0 aliphatic rings. The largest absolute Gasteiger partial charge is 0.471 e. The van der Waals surface area contributed by atoms with Crippen LogP contribution < -0.4 is 4.74 Å². The van der Waals surface area contributed by atoms with Crippen LogP contribution in [0.3, 0.4) is 0 Å². The Kier molecular flexibility index (Phi) is 4.21. The Morgan fingerprint density at radius 1 is 1.35 bits per heavy atom. The number of ether oxygens (including phenoxy) is 1. The second-order valence-corrected chi connectivity index (χ2v) is 3.88. The molecule has 0 aromatic carbocycles. The molecular formula is C12H13N3OS. The first-order valence-electron chi connectivity index (χ1n) is 5.42. The Labute approximate surface area is 104 Å². The van der Waals surface area contributed by atoms with E-state index in [-0.39, 0.29) is 0 Å². The van der Waals surface area contributed by atoms with E-state index in [1.807, 2.05) is 18.2 Å². The predicted octanol–water partition coefficient (Wildman–Crippen LogP) is 2.95. The van der Waals surface area contributed by atoms with Gasteiger partial charge in [0.15, 0.2) is 0 Å². The molecule has 0 fully saturated rings. The smallest absolute Gasteiger partial charge is 0.254 e. The molecule has 5 heteroatoms. The van der Waals surface area contributed by atoms with Crippen LogP contribution in [0, 0.1) is 0 Å². The number of hydrogen-bond donors (Lipinski definition) is 0. The molecule has 0 atom stereocenters. The molecular weight excluding hydrogens is 234 g/mol. The van der Waals surface area contributed by atoms with E-state index in [1.165, 1.54) is 0 Å². The molecule has 0 saturated heterocycles. The van der Waals surface area contributed by atoms with E-state index in [1.54, 1.807) is 12.4 Å². The van der Waals surface area contributed by atoms with E-state index >= 15 is 0 Å². The van der Waals surface area contributed by atoms with Crippen molar-refractivity contribution in [2.75, 3.05) is 6.61 Å². The third-order valence-corrected chi connectivity index (χ3v) is 2.62. The first-order chi connectivity index (χ1) is 8.42. The summed E-state index contributed by atoms with van der Waals surface area (Å²) in [6.07, 6.45) is 8.53. The van der Waals surface area contributed by atoms with E-state index in [9.17, 15) is 0 Å². The maximum atomic E-state index is 5.56. The van der Waals surface area contributed by atoms with E-state index in [2.05, 4.69) is 26.7 Å². The van der Waals surface area contributed by atoms with Crippen LogP contribution in [0.2, 0.25) is 0 Å². The molecule has 0 radical (unpaired) electrons. The molecule has 0 saturated carbocycles. The Balaban J connectivity index is 2.10. The van der Waals surface area contributed by atoms with Crippen LogP contribution in [-0.4, -0.2) is 20.3 Å². The summed E-state index contributed by atoms with van der Waals surface area (Å²) in [5, 5.41) is 0. The second kappa shape index (κ2) is 6.10. The first kappa shape index (κ1) is 11.7. The van der Waals surface area contributed by atoms with Gasteiger partial charge in [0.1, 0.15) is 12.3 Å². The summed E-state index contributed by atoms with van der Waals surface area (Å²) in [5.74, 6) is 0.573. The molecule has 0 aliphatic heterocycles. The summed E-state index contributed by atoms with van der Waals surface area (Å²) in [6.45, 7) is 2.61. The van der Waals surface area contributed by atoms with Gasteiger partial charge < -0.3 is 4.74 Å². The normalized spacial score (nSPS) is 10.9. The van der Waals surface area contributed by atoms with Crippen LogP contribution in [0.15, 0.2) is 36.7 Å². The average molecular weight is 247 g/mol. The fourth-order valence-corrected chi connectivity index (χ4v) is 1.84. The van der Waals surface area contributed by atoms with Gasteiger partial charge in [-0.15, -0.1) is 4.37 Å². The van der Waals surface area contributed by atoms with E-state index in [0.717, 1.165) is 29.4 Å². The molecule has 0 unspecified atom stereocenters. The minimum Gasteiger partial charge on any atom is -0.471 e. The van der Waals surface area contributed by atoms with Crippen molar-refractivity contribution in [1.29, 1.82) is 0 Å². The summed E-state index contributed by atoms with van der Waals surface area (Å²) in [4.78, 5) is 4.06. The maximum Gasteiger partial charge on any atom is 0.254 e. The molecule has 2 heterocycles. The van der Waals surface area contributed by atoms with Crippen molar-refractivity contribution >= 4 is 11.7 Å². The monoisotopic (exact) mass is 247 g/mol. The van der Waals surface area contributed by atoms with Gasteiger partial charge >= 0.3 is 0 Å². The highest BCUT2D eigenvalue weighted by atomic mass is 32.1. The third kappa shape index (κ3) is 3.10. The zero-order chi connectivity index (χ0) is 11.9. The summed E-state index contributed by atoms with van der Waals surface area (Å²) < 4.78 is 13.9. The van der Waals surface area contributed by atoms with Crippen molar-refractivity contribution in [1.82, 2.24) is 13.7 Å². The highest BCUT2D eigenvalue weighted by Gasteiger charge is 2.10. The molecule has 4 nitrogen and oxygen atoms in total. The molecule has 0 aliphatic carbocycles. The Bertz CT molecular complexity index is 482. The van der Waals surface area contributed by atoms with Gasteiger partial charge in [-0.2, -0.15) is 4.37 Å². The first-order valence-corrected chi connectivity index (χ1v) is 6.15.